The molecule has 0 aromatic carbocycles. The van der Waals surface area contributed by atoms with Crippen LogP contribution in [-0.4, -0.2) is 207 Å². The summed E-state index contributed by atoms with van der Waals surface area (Å²) in [4.78, 5) is 163. The summed E-state index contributed by atoms with van der Waals surface area (Å²) in [5.41, 5.74) is 16.4. The summed E-state index contributed by atoms with van der Waals surface area (Å²) in [6, 6.07) is -15.8. The Morgan fingerprint density at radius 1 is 0.612 bits per heavy atom. The monoisotopic (exact) mass is 1230 g/mol. The normalized spacial score (nSPS) is 24.2. The summed E-state index contributed by atoms with van der Waals surface area (Å²) in [5, 5.41) is 82.3. The first-order valence-corrected chi connectivity index (χ1v) is 29.2. The number of nitrogens with one attached hydrogen (secondary N) is 9. The van der Waals surface area contributed by atoms with Crippen LogP contribution in [0.15, 0.2) is 11.8 Å². The topological polar surface area (TPSA) is 522 Å². The molecule has 9 amide bonds. The van der Waals surface area contributed by atoms with E-state index in [1.807, 2.05) is 10.6 Å². The number of carboxylic acid groups (broad SMARTS) is 2. The fraction of sp³-hybridized carbons (Fsp3) is 0.736. The lowest BCUT2D eigenvalue weighted by Crippen LogP contribution is -2.62. The SMILES string of the molecule is C/C=C1/NC(=O)[C@H]([C@H](C)O)NC(=O)[C@H](CCN)NC(=O)[C@H](CCCCN)NC(=O)[C@H](CC(=O)O)NC(=O)[C@@H](CCN)NC(=O)[C@@H](NC(=O)C[C@H](O)CCCCCCCCCCCCC)COC(=O)[C@H]([C@H](O)CCl)NC(=O)[C@H]([C@H](O)C(=O)O)NC1=O. The van der Waals surface area contributed by atoms with Crippen molar-refractivity contribution in [1.82, 2.24) is 47.9 Å². The van der Waals surface area contributed by atoms with E-state index in [1.54, 1.807) is 0 Å². The van der Waals surface area contributed by atoms with Gasteiger partial charge in [-0.3, -0.25) is 47.9 Å². The van der Waals surface area contributed by atoms with Gasteiger partial charge in [0.05, 0.1) is 37.0 Å². The molecule has 21 N–H and O–H groups in total. The molecule has 0 radical (unpaired) electrons. The van der Waals surface area contributed by atoms with E-state index in [0.717, 1.165) is 57.9 Å². The Morgan fingerprint density at radius 2 is 1.11 bits per heavy atom. The molecule has 1 aliphatic heterocycles. The predicted molar refractivity (Wildman–Crippen MR) is 305 cm³/mol. The van der Waals surface area contributed by atoms with Crippen LogP contribution in [0.25, 0.3) is 0 Å². The molecular formula is C53H91ClN12O19. The minimum absolute atomic E-state index is 0.123. The van der Waals surface area contributed by atoms with Crippen molar-refractivity contribution in [3.63, 3.8) is 0 Å². The van der Waals surface area contributed by atoms with E-state index in [-0.39, 0.29) is 45.3 Å². The standard InChI is InChI=1S/C53H91ClN12O19/c1-4-6-7-8-9-10-11-12-13-14-15-18-30(68)25-38(70)58-36-28-85-53(84)41(37(69)27-54)65-51(81)42(43(73)52(82)83)66-44(74)31(5-2)59-50(80)40(29(3)67)64-47(77)34(21-24-57)61-45(75)32(19-16-17-22-55)60-48(78)35(26-39(71)72)63-46(76)33(20-23-56)62-49(36)79/h5,29-30,32-37,40-43,67-69,73H,4,6-28,55-57H2,1-3H3,(H,58,70)(H,59,80)(H,60,78)(H,61,75)(H,62,79)(H,63,76)(H,64,77)(H,65,81)(H,66,74)(H,71,72)(H,82,83)/b31-5+/t29-,30+,32-,33+,34-,35-,36-,37+,40-,41-,42-,43-/m0/s1. The molecule has 484 valence electrons. The van der Waals surface area contributed by atoms with Gasteiger partial charge in [-0.1, -0.05) is 83.6 Å². The molecule has 0 unspecified atom stereocenters. The second kappa shape index (κ2) is 42.2. The van der Waals surface area contributed by atoms with E-state index in [4.69, 9.17) is 33.5 Å². The first-order valence-electron chi connectivity index (χ1n) is 28.7. The first-order chi connectivity index (χ1) is 40.3. The lowest BCUT2D eigenvalue weighted by molar-refractivity contribution is -0.155. The maximum absolute atomic E-state index is 14.2. The highest BCUT2D eigenvalue weighted by Gasteiger charge is 2.41. The number of cyclic esters (lactones) is 1. The summed E-state index contributed by atoms with van der Waals surface area (Å²) < 4.78 is 5.28. The van der Waals surface area contributed by atoms with Gasteiger partial charge in [-0.25, -0.2) is 9.59 Å². The van der Waals surface area contributed by atoms with E-state index in [1.165, 1.54) is 26.2 Å². The number of hydrogen-bond acceptors (Lipinski definition) is 20. The molecule has 1 aliphatic rings. The van der Waals surface area contributed by atoms with Gasteiger partial charge in [0.1, 0.15) is 54.6 Å². The van der Waals surface area contributed by atoms with Gasteiger partial charge in [-0.15, -0.1) is 11.6 Å². The third-order valence-electron chi connectivity index (χ3n) is 13.5. The number of carbonyl (C=O) groups is 12. The quantitative estimate of drug-likeness (QED) is 0.0140. The van der Waals surface area contributed by atoms with Crippen molar-refractivity contribution in [3.05, 3.63) is 11.8 Å². The fourth-order valence-corrected chi connectivity index (χ4v) is 8.76. The molecule has 1 saturated heterocycles. The number of amides is 9. The number of rotatable bonds is 30. The Bertz CT molecular complexity index is 2230. The number of aliphatic carboxylic acids is 2. The van der Waals surface area contributed by atoms with Crippen LogP contribution in [0.2, 0.25) is 0 Å². The number of alkyl halides is 1. The largest absolute Gasteiger partial charge is 0.481 e. The van der Waals surface area contributed by atoms with Crippen molar-refractivity contribution in [2.24, 2.45) is 17.2 Å². The number of hydrogen-bond donors (Lipinski definition) is 18. The summed E-state index contributed by atoms with van der Waals surface area (Å²) in [7, 11) is 0. The zero-order chi connectivity index (χ0) is 64.2. The van der Waals surface area contributed by atoms with Crippen LogP contribution in [0.3, 0.4) is 0 Å². The van der Waals surface area contributed by atoms with Crippen LogP contribution in [0.5, 0.6) is 0 Å². The Kier molecular flexibility index (Phi) is 38.0. The highest BCUT2D eigenvalue weighted by atomic mass is 35.5. The van der Waals surface area contributed by atoms with Crippen molar-refractivity contribution in [2.75, 3.05) is 32.1 Å². The summed E-state index contributed by atoms with van der Waals surface area (Å²) in [6.07, 6.45) is 2.18. The molecule has 1 heterocycles. The summed E-state index contributed by atoms with van der Waals surface area (Å²) >= 11 is 5.86. The number of unbranched alkanes of at least 4 members (excludes halogenated alkanes) is 11. The van der Waals surface area contributed by atoms with Crippen LogP contribution < -0.4 is 65.1 Å². The number of halogens is 1. The van der Waals surface area contributed by atoms with Crippen LogP contribution in [0.4, 0.5) is 0 Å². The van der Waals surface area contributed by atoms with Crippen molar-refractivity contribution >= 4 is 82.7 Å². The molecule has 1 rings (SSSR count). The molecule has 0 aromatic heterocycles. The number of aliphatic hydroxyl groups is 4. The van der Waals surface area contributed by atoms with E-state index in [2.05, 4.69) is 44.1 Å². The van der Waals surface area contributed by atoms with E-state index in [9.17, 15) is 88.2 Å². The third-order valence-corrected chi connectivity index (χ3v) is 13.8. The molecule has 85 heavy (non-hydrogen) atoms. The van der Waals surface area contributed by atoms with Gasteiger partial charge < -0.3 is 100 Å². The van der Waals surface area contributed by atoms with Crippen molar-refractivity contribution < 1.29 is 92.9 Å². The molecule has 0 aliphatic carbocycles. The molecule has 0 spiro atoms. The highest BCUT2D eigenvalue weighted by molar-refractivity contribution is 6.18. The average Bonchev–Trinajstić information content (AvgIpc) is 3.65. The minimum Gasteiger partial charge on any atom is -0.481 e. The Labute approximate surface area is 498 Å². The summed E-state index contributed by atoms with van der Waals surface area (Å²) in [5.74, 6) is -17.8. The third kappa shape index (κ3) is 29.4. The van der Waals surface area contributed by atoms with Gasteiger partial charge in [-0.2, -0.15) is 0 Å². The molecule has 12 atom stereocenters. The number of nitrogens with two attached hydrogens (primary N) is 3. The minimum atomic E-state index is -2.83. The number of aliphatic hydroxyl groups excluding tert-OH is 4. The zero-order valence-electron chi connectivity index (χ0n) is 48.6. The van der Waals surface area contributed by atoms with Crippen LogP contribution in [-0.2, 0) is 62.3 Å². The molecular weight excluding hydrogens is 1140 g/mol. The van der Waals surface area contributed by atoms with Gasteiger partial charge in [0.25, 0.3) is 5.91 Å². The van der Waals surface area contributed by atoms with Gasteiger partial charge in [0.2, 0.25) is 47.3 Å². The number of ether oxygens (including phenoxy) is 1. The van der Waals surface area contributed by atoms with Crippen LogP contribution in [0.1, 0.15) is 143 Å². The predicted octanol–water partition coefficient (Wildman–Crippen LogP) is -4.38. The van der Waals surface area contributed by atoms with Gasteiger partial charge >= 0.3 is 17.9 Å². The van der Waals surface area contributed by atoms with Gasteiger partial charge in [0.15, 0.2) is 12.1 Å². The maximum atomic E-state index is 14.2. The van der Waals surface area contributed by atoms with Gasteiger partial charge in [-0.05, 0) is 72.0 Å². The second-order valence-electron chi connectivity index (χ2n) is 20.6. The number of allylic oxidation sites excluding steroid dienone is 1. The van der Waals surface area contributed by atoms with Crippen LogP contribution in [0, 0.1) is 0 Å². The van der Waals surface area contributed by atoms with Gasteiger partial charge in [0, 0.05) is 0 Å². The average molecular weight is 1240 g/mol. The molecule has 0 aromatic rings. The lowest BCUT2D eigenvalue weighted by atomic mass is 10.0. The Hall–Kier alpha value is -6.61. The second-order valence-corrected chi connectivity index (χ2v) is 20.9. The maximum Gasteiger partial charge on any atom is 0.335 e. The molecule has 1 fully saturated rings. The van der Waals surface area contributed by atoms with Crippen molar-refractivity contribution in [2.45, 2.75) is 216 Å². The molecule has 31 nitrogen and oxygen atoms in total. The zero-order valence-corrected chi connectivity index (χ0v) is 49.3. The van der Waals surface area contributed by atoms with E-state index >= 15 is 0 Å². The highest BCUT2D eigenvalue weighted by Crippen LogP contribution is 2.15. The molecule has 32 heteroatoms. The molecule has 0 bridgehead atoms. The number of esters is 1. The summed E-state index contributed by atoms with van der Waals surface area (Å²) in [6.45, 7) is 2.65. The Balaban J connectivity index is 3.95. The van der Waals surface area contributed by atoms with Crippen molar-refractivity contribution in [1.29, 1.82) is 0 Å². The van der Waals surface area contributed by atoms with Crippen LogP contribution >= 0.6 is 11.6 Å². The lowest BCUT2D eigenvalue weighted by Gasteiger charge is -2.28. The molecule has 0 saturated carbocycles. The van der Waals surface area contributed by atoms with Crippen molar-refractivity contribution in [3.8, 4) is 0 Å². The number of carboxylic acids is 2. The number of carbonyl (C=O) groups excluding carboxylic acids is 10. The smallest absolute Gasteiger partial charge is 0.335 e. The van der Waals surface area contributed by atoms with E-state index < -0.39 is 181 Å². The fourth-order valence-electron chi connectivity index (χ4n) is 8.58. The first kappa shape index (κ1) is 76.4. The Morgan fingerprint density at radius 3 is 1.60 bits per heavy atom. The van der Waals surface area contributed by atoms with E-state index in [0.29, 0.717) is 12.8 Å².